The van der Waals surface area contributed by atoms with Crippen LogP contribution in [0.5, 0.6) is 0 Å². The first-order chi connectivity index (χ1) is 5.38. The van der Waals surface area contributed by atoms with E-state index in [1.54, 1.807) is 11.3 Å². The number of rotatable bonds is 3. The van der Waals surface area contributed by atoms with Crippen molar-refractivity contribution in [2.24, 2.45) is 9.98 Å². The van der Waals surface area contributed by atoms with E-state index in [1.165, 1.54) is 11.3 Å². The summed E-state index contributed by atoms with van der Waals surface area (Å²) >= 11 is 0. The van der Waals surface area contributed by atoms with E-state index in [-0.39, 0.29) is 0 Å². The van der Waals surface area contributed by atoms with Gasteiger partial charge in [0.25, 0.3) is 0 Å². The third-order valence-electron chi connectivity index (χ3n) is 1.35. The average Bonchev–Trinajstić information content (AvgIpc) is 2.09. The Hall–Kier alpha value is -1.39. The van der Waals surface area contributed by atoms with Crippen molar-refractivity contribution in [2.75, 3.05) is 13.2 Å². The molecule has 1 amide bonds. The van der Waals surface area contributed by atoms with Gasteiger partial charge < -0.3 is 0 Å². The van der Waals surface area contributed by atoms with E-state index >= 15 is 0 Å². The monoisotopic (exact) mass is 154 g/mol. The molecule has 0 saturated heterocycles. The Labute approximate surface area is 65.0 Å². The molecule has 1 aliphatic heterocycles. The van der Waals surface area contributed by atoms with Crippen LogP contribution in [0.3, 0.4) is 0 Å². The second kappa shape index (κ2) is 3.70. The molecule has 0 spiro atoms. The van der Waals surface area contributed by atoms with Crippen LogP contribution in [0.1, 0.15) is 6.92 Å². The van der Waals surface area contributed by atoms with E-state index in [0.29, 0.717) is 13.2 Å². The minimum absolute atomic E-state index is 0.468. The summed E-state index contributed by atoms with van der Waals surface area (Å²) in [7, 11) is 0. The number of carbonyl (C=O) groups is 1. The molecule has 0 atom stereocenters. The van der Waals surface area contributed by atoms with Gasteiger partial charge in [-0.2, -0.15) is 0 Å². The zero-order valence-corrected chi connectivity index (χ0v) is 6.34. The predicted molar refractivity (Wildman–Crippen MR) is 42.1 cm³/mol. The van der Waals surface area contributed by atoms with Crippen LogP contribution >= 0.6 is 0 Å². The molecule has 1 heterocycles. The molecule has 0 aromatic rings. The molecule has 0 fully saturated rings. The van der Waals surface area contributed by atoms with Crippen molar-refractivity contribution in [2.45, 2.75) is 6.92 Å². The van der Waals surface area contributed by atoms with Crippen LogP contribution in [0.2, 0.25) is 0 Å². The molecule has 5 nitrogen and oxygen atoms in total. The average molecular weight is 154 g/mol. The second-order valence-electron chi connectivity index (χ2n) is 2.00. The SMILES string of the molecule is CCN(C=O)N1C=NC=NC1. The number of hydrogen-bond donors (Lipinski definition) is 0. The lowest BCUT2D eigenvalue weighted by Crippen LogP contribution is -2.41. The Bertz CT molecular complexity index is 189. The molecule has 11 heavy (non-hydrogen) atoms. The predicted octanol–water partition coefficient (Wildman–Crippen LogP) is -0.291. The maximum Gasteiger partial charge on any atom is 0.228 e. The first-order valence-corrected chi connectivity index (χ1v) is 3.38. The van der Waals surface area contributed by atoms with Gasteiger partial charge in [-0.25, -0.2) is 4.99 Å². The minimum Gasteiger partial charge on any atom is -0.277 e. The third kappa shape index (κ3) is 1.76. The van der Waals surface area contributed by atoms with Crippen LogP contribution in [0, 0.1) is 0 Å². The summed E-state index contributed by atoms with van der Waals surface area (Å²) in [5, 5.41) is 3.15. The van der Waals surface area contributed by atoms with Crippen molar-refractivity contribution in [1.29, 1.82) is 0 Å². The maximum atomic E-state index is 10.4. The third-order valence-corrected chi connectivity index (χ3v) is 1.35. The summed E-state index contributed by atoms with van der Waals surface area (Å²) in [5.74, 6) is 0. The quantitative estimate of drug-likeness (QED) is 0.524. The number of hydrazine groups is 1. The van der Waals surface area contributed by atoms with Gasteiger partial charge in [0, 0.05) is 6.54 Å². The van der Waals surface area contributed by atoms with Gasteiger partial charge in [0.2, 0.25) is 6.41 Å². The summed E-state index contributed by atoms with van der Waals surface area (Å²) in [6, 6.07) is 0. The molecular weight excluding hydrogens is 144 g/mol. The summed E-state index contributed by atoms with van der Waals surface area (Å²) < 4.78 is 0. The minimum atomic E-state index is 0.468. The smallest absolute Gasteiger partial charge is 0.228 e. The highest BCUT2D eigenvalue weighted by Gasteiger charge is 2.07. The van der Waals surface area contributed by atoms with Crippen LogP contribution in [0.25, 0.3) is 0 Å². The highest BCUT2D eigenvalue weighted by molar-refractivity contribution is 5.73. The van der Waals surface area contributed by atoms with Gasteiger partial charge in [-0.05, 0) is 6.92 Å². The number of aliphatic imine (C=N–C) groups is 2. The van der Waals surface area contributed by atoms with Crippen molar-refractivity contribution in [3.63, 3.8) is 0 Å². The van der Waals surface area contributed by atoms with Gasteiger partial charge in [-0.3, -0.25) is 19.8 Å². The Morgan fingerprint density at radius 1 is 1.82 bits per heavy atom. The molecule has 0 aliphatic carbocycles. The molecule has 0 aromatic heterocycles. The Morgan fingerprint density at radius 2 is 2.64 bits per heavy atom. The lowest BCUT2D eigenvalue weighted by Gasteiger charge is -2.27. The normalized spacial score (nSPS) is 15.2. The van der Waals surface area contributed by atoms with Gasteiger partial charge >= 0.3 is 0 Å². The molecule has 0 unspecified atom stereocenters. The van der Waals surface area contributed by atoms with Crippen LogP contribution in [-0.2, 0) is 4.79 Å². The first-order valence-electron chi connectivity index (χ1n) is 3.38. The fourth-order valence-corrected chi connectivity index (χ4v) is 0.775. The zero-order valence-electron chi connectivity index (χ0n) is 6.34. The molecule has 0 N–H and O–H groups in total. The molecule has 0 aromatic carbocycles. The lowest BCUT2D eigenvalue weighted by atomic mass is 10.7. The van der Waals surface area contributed by atoms with E-state index < -0.39 is 0 Å². The Morgan fingerprint density at radius 3 is 3.09 bits per heavy atom. The molecule has 1 aliphatic rings. The highest BCUT2D eigenvalue weighted by Crippen LogP contribution is 1.94. The van der Waals surface area contributed by atoms with Crippen molar-refractivity contribution >= 4 is 19.1 Å². The second-order valence-corrected chi connectivity index (χ2v) is 2.00. The molecule has 1 rings (SSSR count). The first kappa shape index (κ1) is 7.71. The van der Waals surface area contributed by atoms with Crippen LogP contribution in [0.4, 0.5) is 0 Å². The Balaban J connectivity index is 2.52. The van der Waals surface area contributed by atoms with Crippen molar-refractivity contribution < 1.29 is 4.79 Å². The fourth-order valence-electron chi connectivity index (χ4n) is 0.775. The van der Waals surface area contributed by atoms with Crippen molar-refractivity contribution in [3.8, 4) is 0 Å². The highest BCUT2D eigenvalue weighted by atomic mass is 16.1. The molecule has 0 radical (unpaired) electrons. The molecule has 0 saturated carbocycles. The maximum absolute atomic E-state index is 10.4. The van der Waals surface area contributed by atoms with E-state index in [0.717, 1.165) is 6.41 Å². The van der Waals surface area contributed by atoms with Gasteiger partial charge in [-0.1, -0.05) is 0 Å². The van der Waals surface area contributed by atoms with Gasteiger partial charge in [0.1, 0.15) is 19.3 Å². The van der Waals surface area contributed by atoms with Gasteiger partial charge in [0.15, 0.2) is 0 Å². The fraction of sp³-hybridized carbons (Fsp3) is 0.500. The molecular formula is C6H10N4O. The largest absolute Gasteiger partial charge is 0.277 e. The molecule has 0 bridgehead atoms. The zero-order chi connectivity index (χ0) is 8.10. The standard InChI is InChI=1S/C6H10N4O/c1-2-9(6-11)10-4-7-3-8-5-10/h3-4,6H,2,5H2,1H3. The van der Waals surface area contributed by atoms with Crippen molar-refractivity contribution in [1.82, 2.24) is 10.0 Å². The van der Waals surface area contributed by atoms with Gasteiger partial charge in [-0.15, -0.1) is 0 Å². The summed E-state index contributed by atoms with van der Waals surface area (Å²) in [6.07, 6.45) is 3.80. The number of hydrogen-bond acceptors (Lipinski definition) is 4. The number of carbonyl (C=O) groups excluding carboxylic acids is 1. The number of nitrogens with zero attached hydrogens (tertiary/aromatic N) is 4. The van der Waals surface area contributed by atoms with E-state index in [1.807, 2.05) is 6.92 Å². The van der Waals surface area contributed by atoms with E-state index in [9.17, 15) is 4.79 Å². The summed E-state index contributed by atoms with van der Waals surface area (Å²) in [5.41, 5.74) is 0. The van der Waals surface area contributed by atoms with Gasteiger partial charge in [0.05, 0.1) is 0 Å². The molecule has 5 heteroatoms. The van der Waals surface area contributed by atoms with Crippen LogP contribution < -0.4 is 0 Å². The Kier molecular flexibility index (Phi) is 2.59. The van der Waals surface area contributed by atoms with Crippen molar-refractivity contribution in [3.05, 3.63) is 0 Å². The summed E-state index contributed by atoms with van der Waals surface area (Å²) in [6.45, 7) is 2.99. The summed E-state index contributed by atoms with van der Waals surface area (Å²) in [4.78, 5) is 18.1. The lowest BCUT2D eigenvalue weighted by molar-refractivity contribution is -0.127. The van der Waals surface area contributed by atoms with Crippen LogP contribution in [0.15, 0.2) is 9.98 Å². The number of amides is 1. The molecule has 60 valence electrons. The topological polar surface area (TPSA) is 48.3 Å². The van der Waals surface area contributed by atoms with Crippen LogP contribution in [-0.4, -0.2) is 42.3 Å². The van der Waals surface area contributed by atoms with E-state index in [2.05, 4.69) is 9.98 Å². The van der Waals surface area contributed by atoms with E-state index in [4.69, 9.17) is 0 Å².